The summed E-state index contributed by atoms with van der Waals surface area (Å²) in [7, 11) is 0. The largest absolute Gasteiger partial charge is 0.386 e. The number of amides is 1. The lowest BCUT2D eigenvalue weighted by molar-refractivity contribution is -0.132. The molecular weight excluding hydrogens is 344 g/mol. The lowest BCUT2D eigenvalue weighted by atomic mass is 10.1. The highest BCUT2D eigenvalue weighted by Crippen LogP contribution is 2.21. The maximum Gasteiger partial charge on any atom is 0.227 e. The van der Waals surface area contributed by atoms with Crippen LogP contribution in [0.3, 0.4) is 0 Å². The van der Waals surface area contributed by atoms with E-state index in [4.69, 9.17) is 11.6 Å². The number of hydrogen-bond acceptors (Lipinski definition) is 4. The molecule has 24 heavy (non-hydrogen) atoms. The fourth-order valence-electron chi connectivity index (χ4n) is 2.91. The Labute approximate surface area is 151 Å². The molecule has 2 heterocycles. The van der Waals surface area contributed by atoms with E-state index in [2.05, 4.69) is 4.90 Å². The Hall–Kier alpha value is -1.40. The van der Waals surface area contributed by atoms with Gasteiger partial charge in [0.05, 0.1) is 6.42 Å². The van der Waals surface area contributed by atoms with Crippen molar-refractivity contribution >= 4 is 28.8 Å². The number of aliphatic hydroxyl groups excluding tert-OH is 1. The molecule has 1 aromatic heterocycles. The standard InChI is InChI=1S/C18H21ClN2O2S/c19-15-5-2-1-4-14(15)12-18(23)21-9-7-20(8-10-21)13-16(22)17-6-3-11-24-17/h1-6,11,16,22H,7-10,12-13H2/t16-/m1/s1. The highest BCUT2D eigenvalue weighted by molar-refractivity contribution is 7.10. The van der Waals surface area contributed by atoms with Crippen LogP contribution in [-0.4, -0.2) is 53.5 Å². The molecule has 1 aliphatic rings. The van der Waals surface area contributed by atoms with E-state index in [1.165, 1.54) is 0 Å². The van der Waals surface area contributed by atoms with Gasteiger partial charge in [0.2, 0.25) is 5.91 Å². The predicted molar refractivity (Wildman–Crippen MR) is 97.5 cm³/mol. The van der Waals surface area contributed by atoms with E-state index < -0.39 is 6.10 Å². The molecule has 1 N–H and O–H groups in total. The minimum absolute atomic E-state index is 0.113. The second kappa shape index (κ2) is 8.12. The Kier molecular flexibility index (Phi) is 5.89. The Morgan fingerprint density at radius 1 is 1.17 bits per heavy atom. The van der Waals surface area contributed by atoms with Gasteiger partial charge in [0.1, 0.15) is 6.10 Å². The van der Waals surface area contributed by atoms with E-state index in [-0.39, 0.29) is 5.91 Å². The van der Waals surface area contributed by atoms with Crippen LogP contribution in [0.2, 0.25) is 5.02 Å². The molecule has 1 fully saturated rings. The van der Waals surface area contributed by atoms with Gasteiger partial charge < -0.3 is 10.0 Å². The average molecular weight is 365 g/mol. The second-order valence-corrected chi connectivity index (χ2v) is 7.37. The SMILES string of the molecule is O=C(Cc1ccccc1Cl)N1CCN(C[C@@H](O)c2cccs2)CC1. The number of aliphatic hydroxyl groups is 1. The smallest absolute Gasteiger partial charge is 0.227 e. The average Bonchev–Trinajstić information content (AvgIpc) is 3.12. The first-order valence-corrected chi connectivity index (χ1v) is 9.34. The van der Waals surface area contributed by atoms with Crippen LogP contribution in [0.1, 0.15) is 16.5 Å². The molecule has 4 nitrogen and oxygen atoms in total. The zero-order valence-electron chi connectivity index (χ0n) is 13.4. The Morgan fingerprint density at radius 2 is 1.92 bits per heavy atom. The fourth-order valence-corrected chi connectivity index (χ4v) is 3.82. The number of hydrogen-bond donors (Lipinski definition) is 1. The van der Waals surface area contributed by atoms with Gasteiger partial charge >= 0.3 is 0 Å². The highest BCUT2D eigenvalue weighted by Gasteiger charge is 2.23. The first kappa shape index (κ1) is 17.4. The van der Waals surface area contributed by atoms with Gasteiger partial charge in [-0.25, -0.2) is 0 Å². The van der Waals surface area contributed by atoms with Crippen molar-refractivity contribution in [1.29, 1.82) is 0 Å². The summed E-state index contributed by atoms with van der Waals surface area (Å²) < 4.78 is 0. The second-order valence-electron chi connectivity index (χ2n) is 5.98. The van der Waals surface area contributed by atoms with Gasteiger partial charge in [-0.2, -0.15) is 0 Å². The quantitative estimate of drug-likeness (QED) is 0.887. The van der Waals surface area contributed by atoms with E-state index in [0.717, 1.165) is 23.5 Å². The van der Waals surface area contributed by atoms with Crippen molar-refractivity contribution < 1.29 is 9.90 Å². The molecule has 0 bridgehead atoms. The van der Waals surface area contributed by atoms with Gasteiger partial charge in [0.15, 0.2) is 0 Å². The van der Waals surface area contributed by atoms with Crippen LogP contribution in [-0.2, 0) is 11.2 Å². The highest BCUT2D eigenvalue weighted by atomic mass is 35.5. The minimum atomic E-state index is -0.449. The zero-order valence-corrected chi connectivity index (χ0v) is 15.0. The van der Waals surface area contributed by atoms with E-state index in [1.54, 1.807) is 11.3 Å². The summed E-state index contributed by atoms with van der Waals surface area (Å²) in [5.74, 6) is 0.113. The Balaban J connectivity index is 1.48. The number of piperazine rings is 1. The van der Waals surface area contributed by atoms with Gasteiger partial charge in [0, 0.05) is 42.6 Å². The molecular formula is C18H21ClN2O2S. The topological polar surface area (TPSA) is 43.8 Å². The molecule has 0 radical (unpaired) electrons. The number of halogens is 1. The molecule has 2 aromatic rings. The van der Waals surface area contributed by atoms with Gasteiger partial charge in [-0.3, -0.25) is 9.69 Å². The molecule has 0 unspecified atom stereocenters. The molecule has 6 heteroatoms. The maximum atomic E-state index is 12.4. The molecule has 0 saturated carbocycles. The summed E-state index contributed by atoms with van der Waals surface area (Å²) >= 11 is 7.70. The van der Waals surface area contributed by atoms with E-state index in [0.29, 0.717) is 31.1 Å². The van der Waals surface area contributed by atoms with Crippen LogP contribution < -0.4 is 0 Å². The summed E-state index contributed by atoms with van der Waals surface area (Å²) in [4.78, 5) is 17.5. The number of carbonyl (C=O) groups excluding carboxylic acids is 1. The molecule has 128 valence electrons. The van der Waals surface area contributed by atoms with Crippen LogP contribution in [0.5, 0.6) is 0 Å². The number of benzene rings is 1. The molecule has 1 aliphatic heterocycles. The maximum absolute atomic E-state index is 12.4. The van der Waals surface area contributed by atoms with Crippen LogP contribution in [0.25, 0.3) is 0 Å². The molecule has 1 aromatic carbocycles. The Morgan fingerprint density at radius 3 is 2.58 bits per heavy atom. The van der Waals surface area contributed by atoms with Crippen molar-refractivity contribution in [3.05, 3.63) is 57.2 Å². The van der Waals surface area contributed by atoms with Crippen LogP contribution >= 0.6 is 22.9 Å². The summed E-state index contributed by atoms with van der Waals surface area (Å²) in [5, 5.41) is 12.9. The van der Waals surface area contributed by atoms with Crippen molar-refractivity contribution in [2.24, 2.45) is 0 Å². The van der Waals surface area contributed by atoms with Crippen LogP contribution in [0.4, 0.5) is 0 Å². The lowest BCUT2D eigenvalue weighted by Gasteiger charge is -2.35. The summed E-state index contributed by atoms with van der Waals surface area (Å²) in [6.45, 7) is 3.58. The number of rotatable bonds is 5. The minimum Gasteiger partial charge on any atom is -0.386 e. The van der Waals surface area contributed by atoms with E-state index >= 15 is 0 Å². The molecule has 3 rings (SSSR count). The van der Waals surface area contributed by atoms with Crippen molar-refractivity contribution in [2.75, 3.05) is 32.7 Å². The zero-order chi connectivity index (χ0) is 16.9. The first-order chi connectivity index (χ1) is 11.6. The fraction of sp³-hybridized carbons (Fsp3) is 0.389. The third kappa shape index (κ3) is 4.36. The predicted octanol–water partition coefficient (Wildman–Crippen LogP) is 2.82. The van der Waals surface area contributed by atoms with Crippen molar-refractivity contribution in [3.8, 4) is 0 Å². The van der Waals surface area contributed by atoms with Crippen molar-refractivity contribution in [1.82, 2.24) is 9.80 Å². The van der Waals surface area contributed by atoms with Crippen molar-refractivity contribution in [2.45, 2.75) is 12.5 Å². The monoisotopic (exact) mass is 364 g/mol. The van der Waals surface area contributed by atoms with Crippen molar-refractivity contribution in [3.63, 3.8) is 0 Å². The van der Waals surface area contributed by atoms with Gasteiger partial charge in [-0.15, -0.1) is 11.3 Å². The third-order valence-corrected chi connectivity index (χ3v) is 5.67. The van der Waals surface area contributed by atoms with Crippen LogP contribution in [0, 0.1) is 0 Å². The summed E-state index contributed by atoms with van der Waals surface area (Å²) in [6, 6.07) is 11.4. The van der Waals surface area contributed by atoms with E-state index in [9.17, 15) is 9.90 Å². The molecule has 0 aliphatic carbocycles. The summed E-state index contributed by atoms with van der Waals surface area (Å²) in [5.41, 5.74) is 0.875. The molecule has 0 spiro atoms. The number of thiophene rings is 1. The van der Waals surface area contributed by atoms with Gasteiger partial charge in [0.25, 0.3) is 0 Å². The normalized spacial score (nSPS) is 17.0. The lowest BCUT2D eigenvalue weighted by Crippen LogP contribution is -2.49. The Bertz CT molecular complexity index is 669. The number of carbonyl (C=O) groups is 1. The van der Waals surface area contributed by atoms with Gasteiger partial charge in [-0.1, -0.05) is 35.9 Å². The molecule has 1 saturated heterocycles. The first-order valence-electron chi connectivity index (χ1n) is 8.08. The molecule has 1 amide bonds. The number of β-amino-alcohol motifs (C(OH)–C–C–N with tert-alkyl or cyclic N) is 1. The van der Waals surface area contributed by atoms with E-state index in [1.807, 2.05) is 46.7 Å². The molecule has 1 atom stereocenters. The van der Waals surface area contributed by atoms with Gasteiger partial charge in [-0.05, 0) is 23.1 Å². The summed E-state index contributed by atoms with van der Waals surface area (Å²) in [6.07, 6.45) is -0.104. The third-order valence-electron chi connectivity index (χ3n) is 4.33. The number of nitrogens with zero attached hydrogens (tertiary/aromatic N) is 2. The van der Waals surface area contributed by atoms with Crippen LogP contribution in [0.15, 0.2) is 41.8 Å².